The van der Waals surface area contributed by atoms with Crippen LogP contribution in [0.25, 0.3) is 0 Å². The molecule has 0 saturated heterocycles. The normalized spacial score (nSPS) is 23.7. The molecule has 4 nitrogen and oxygen atoms in total. The molecule has 1 heterocycles. The summed E-state index contributed by atoms with van der Waals surface area (Å²) in [6, 6.07) is 2.00. The summed E-state index contributed by atoms with van der Waals surface area (Å²) in [6.45, 7) is 1.90. The van der Waals surface area contributed by atoms with Gasteiger partial charge in [0.25, 0.3) is 0 Å². The van der Waals surface area contributed by atoms with Crippen LogP contribution in [0.1, 0.15) is 31.2 Å². The van der Waals surface area contributed by atoms with Crippen molar-refractivity contribution in [2.45, 2.75) is 38.6 Å². The zero-order valence-electron chi connectivity index (χ0n) is 10.4. The third-order valence-electron chi connectivity index (χ3n) is 3.48. The number of nitrogens with zero attached hydrogens (tertiary/aromatic N) is 1. The summed E-state index contributed by atoms with van der Waals surface area (Å²) in [7, 11) is 0. The molecule has 0 bridgehead atoms. The van der Waals surface area contributed by atoms with Gasteiger partial charge in [0, 0.05) is 12.0 Å². The highest BCUT2D eigenvalue weighted by Gasteiger charge is 2.24. The molecule has 98 valence electrons. The maximum absolute atomic E-state index is 12.1. The fourth-order valence-corrected chi connectivity index (χ4v) is 2.48. The van der Waals surface area contributed by atoms with E-state index in [9.17, 15) is 4.79 Å². The lowest BCUT2D eigenvalue weighted by Gasteiger charge is -2.25. The average Bonchev–Trinajstić information content (AvgIpc) is 2.33. The van der Waals surface area contributed by atoms with E-state index in [4.69, 9.17) is 17.3 Å². The molecule has 1 aromatic heterocycles. The Labute approximate surface area is 112 Å². The summed E-state index contributed by atoms with van der Waals surface area (Å²) in [6.07, 6.45) is 5.19. The maximum Gasteiger partial charge on any atom is 0.227 e. The first-order chi connectivity index (χ1) is 8.56. The third kappa shape index (κ3) is 3.21. The number of nitrogens with one attached hydrogen (secondary N) is 1. The van der Waals surface area contributed by atoms with Crippen LogP contribution in [-0.2, 0) is 4.79 Å². The molecule has 3 N–H and O–H groups in total. The zero-order valence-corrected chi connectivity index (χ0v) is 11.2. The van der Waals surface area contributed by atoms with E-state index < -0.39 is 0 Å². The predicted molar refractivity (Wildman–Crippen MR) is 72.5 cm³/mol. The van der Waals surface area contributed by atoms with E-state index in [-0.39, 0.29) is 17.9 Å². The van der Waals surface area contributed by atoms with Crippen LogP contribution in [-0.4, -0.2) is 16.9 Å². The van der Waals surface area contributed by atoms with Crippen molar-refractivity contribution in [2.75, 3.05) is 5.32 Å². The number of carbonyl (C=O) groups excluding carboxylic acids is 1. The molecule has 1 aromatic rings. The molecule has 5 heteroatoms. The number of aryl methyl sites for hydroxylation is 1. The van der Waals surface area contributed by atoms with Gasteiger partial charge in [-0.2, -0.15) is 0 Å². The number of aromatic nitrogens is 1. The van der Waals surface area contributed by atoms with Crippen molar-refractivity contribution in [3.8, 4) is 0 Å². The highest BCUT2D eigenvalue weighted by atomic mass is 35.5. The molecule has 18 heavy (non-hydrogen) atoms. The SMILES string of the molecule is Cc1cc(Cl)ncc1NC(=O)C1CCC(N)CC1. The molecule has 0 unspecified atom stereocenters. The zero-order chi connectivity index (χ0) is 13.1. The molecule has 1 aliphatic carbocycles. The van der Waals surface area contributed by atoms with Gasteiger partial charge in [-0.3, -0.25) is 4.79 Å². The first kappa shape index (κ1) is 13.3. The van der Waals surface area contributed by atoms with Crippen LogP contribution >= 0.6 is 11.6 Å². The average molecular weight is 268 g/mol. The molecule has 1 amide bonds. The van der Waals surface area contributed by atoms with Crippen molar-refractivity contribution >= 4 is 23.2 Å². The summed E-state index contributed by atoms with van der Waals surface area (Å²) >= 11 is 5.78. The molecule has 1 fully saturated rings. The lowest BCUT2D eigenvalue weighted by Crippen LogP contribution is -2.32. The number of rotatable bonds is 2. The monoisotopic (exact) mass is 267 g/mol. The van der Waals surface area contributed by atoms with E-state index in [1.165, 1.54) is 0 Å². The van der Waals surface area contributed by atoms with Crippen LogP contribution in [0, 0.1) is 12.8 Å². The van der Waals surface area contributed by atoms with Crippen LogP contribution in [0.4, 0.5) is 5.69 Å². The van der Waals surface area contributed by atoms with E-state index in [1.54, 1.807) is 12.3 Å². The van der Waals surface area contributed by atoms with Gasteiger partial charge in [0.2, 0.25) is 5.91 Å². The van der Waals surface area contributed by atoms with E-state index >= 15 is 0 Å². The van der Waals surface area contributed by atoms with Crippen LogP contribution in [0.3, 0.4) is 0 Å². The largest absolute Gasteiger partial charge is 0.328 e. The molecular weight excluding hydrogens is 250 g/mol. The van der Waals surface area contributed by atoms with E-state index in [0.29, 0.717) is 5.15 Å². The first-order valence-electron chi connectivity index (χ1n) is 6.25. The Morgan fingerprint density at radius 1 is 1.44 bits per heavy atom. The molecular formula is C13H18ClN3O. The van der Waals surface area contributed by atoms with Crippen molar-refractivity contribution < 1.29 is 4.79 Å². The highest BCUT2D eigenvalue weighted by Crippen LogP contribution is 2.25. The highest BCUT2D eigenvalue weighted by molar-refractivity contribution is 6.29. The molecule has 0 aliphatic heterocycles. The lowest BCUT2D eigenvalue weighted by molar-refractivity contribution is -0.120. The van der Waals surface area contributed by atoms with Crippen molar-refractivity contribution in [1.29, 1.82) is 0 Å². The van der Waals surface area contributed by atoms with Gasteiger partial charge in [-0.25, -0.2) is 4.98 Å². The van der Waals surface area contributed by atoms with Crippen LogP contribution < -0.4 is 11.1 Å². The minimum Gasteiger partial charge on any atom is -0.328 e. The number of pyridine rings is 1. The summed E-state index contributed by atoms with van der Waals surface area (Å²) < 4.78 is 0. The van der Waals surface area contributed by atoms with Gasteiger partial charge >= 0.3 is 0 Å². The maximum atomic E-state index is 12.1. The Balaban J connectivity index is 1.98. The fraction of sp³-hybridized carbons (Fsp3) is 0.538. The van der Waals surface area contributed by atoms with Gasteiger partial charge < -0.3 is 11.1 Å². The predicted octanol–water partition coefficient (Wildman–Crippen LogP) is 2.50. The fourth-order valence-electron chi connectivity index (χ4n) is 2.27. The minimum absolute atomic E-state index is 0.0640. The number of hydrogen-bond donors (Lipinski definition) is 2. The smallest absolute Gasteiger partial charge is 0.227 e. The second kappa shape index (κ2) is 5.67. The van der Waals surface area contributed by atoms with E-state index in [2.05, 4.69) is 10.3 Å². The summed E-state index contributed by atoms with van der Waals surface area (Å²) in [5.74, 6) is 0.133. The molecule has 0 aromatic carbocycles. The quantitative estimate of drug-likeness (QED) is 0.809. The van der Waals surface area contributed by atoms with Crippen molar-refractivity contribution in [3.05, 3.63) is 23.0 Å². The molecule has 0 radical (unpaired) electrons. The second-order valence-corrected chi connectivity index (χ2v) is 5.31. The van der Waals surface area contributed by atoms with Gasteiger partial charge in [0.05, 0.1) is 11.9 Å². The Bertz CT molecular complexity index is 442. The second-order valence-electron chi connectivity index (χ2n) is 4.92. The van der Waals surface area contributed by atoms with Crippen molar-refractivity contribution in [3.63, 3.8) is 0 Å². The minimum atomic E-state index is 0.0640. The Morgan fingerprint density at radius 3 is 2.72 bits per heavy atom. The van der Waals surface area contributed by atoms with Gasteiger partial charge in [-0.1, -0.05) is 11.6 Å². The molecule has 1 aliphatic rings. The number of halogens is 1. The van der Waals surface area contributed by atoms with E-state index in [1.807, 2.05) is 6.92 Å². The number of anilines is 1. The van der Waals surface area contributed by atoms with E-state index in [0.717, 1.165) is 36.9 Å². The first-order valence-corrected chi connectivity index (χ1v) is 6.62. The summed E-state index contributed by atoms with van der Waals surface area (Å²) in [4.78, 5) is 16.1. The van der Waals surface area contributed by atoms with Gasteiger partial charge in [-0.15, -0.1) is 0 Å². The van der Waals surface area contributed by atoms with Crippen LogP contribution in [0.15, 0.2) is 12.3 Å². The molecule has 0 spiro atoms. The van der Waals surface area contributed by atoms with Gasteiger partial charge in [0.15, 0.2) is 0 Å². The standard InChI is InChI=1S/C13H18ClN3O/c1-8-6-12(14)16-7-11(8)17-13(18)9-2-4-10(15)5-3-9/h6-7,9-10H,2-5,15H2,1H3,(H,17,18). The number of hydrogen-bond acceptors (Lipinski definition) is 3. The topological polar surface area (TPSA) is 68.0 Å². The van der Waals surface area contributed by atoms with Gasteiger partial charge in [-0.05, 0) is 44.2 Å². The lowest BCUT2D eigenvalue weighted by atomic mass is 9.86. The Morgan fingerprint density at radius 2 is 2.11 bits per heavy atom. The molecule has 1 saturated carbocycles. The van der Waals surface area contributed by atoms with Crippen LogP contribution in [0.5, 0.6) is 0 Å². The van der Waals surface area contributed by atoms with Gasteiger partial charge in [0.1, 0.15) is 5.15 Å². The molecule has 0 atom stereocenters. The van der Waals surface area contributed by atoms with Crippen molar-refractivity contribution in [1.82, 2.24) is 4.98 Å². The van der Waals surface area contributed by atoms with Crippen LogP contribution in [0.2, 0.25) is 5.15 Å². The third-order valence-corrected chi connectivity index (χ3v) is 3.68. The summed E-state index contributed by atoms with van der Waals surface area (Å²) in [5.41, 5.74) is 7.50. The number of nitrogens with two attached hydrogens (primary N) is 1. The number of carbonyl (C=O) groups is 1. The Hall–Kier alpha value is -1.13. The molecule has 2 rings (SSSR count). The Kier molecular flexibility index (Phi) is 4.19. The number of amides is 1. The van der Waals surface area contributed by atoms with Crippen molar-refractivity contribution in [2.24, 2.45) is 11.7 Å². The summed E-state index contributed by atoms with van der Waals surface area (Å²) in [5, 5.41) is 3.36.